The molecule has 2 fully saturated rings. The van der Waals surface area contributed by atoms with Crippen molar-refractivity contribution in [2.45, 2.75) is 44.2 Å². The molecule has 1 atom stereocenters. The highest BCUT2D eigenvalue weighted by atomic mass is 16.5. The standard InChI is InChI=1S/C14H29N3O/c1-18-14(12-15)6-7-16-8-10-17(11-9-16)13-4-2-3-5-13/h13-14H,2-12,15H2,1H3. The van der Waals surface area contributed by atoms with Gasteiger partial charge in [0.25, 0.3) is 0 Å². The Labute approximate surface area is 111 Å². The topological polar surface area (TPSA) is 41.7 Å². The van der Waals surface area contributed by atoms with Crippen molar-refractivity contribution in [2.24, 2.45) is 5.73 Å². The summed E-state index contributed by atoms with van der Waals surface area (Å²) in [6.07, 6.45) is 7.04. The van der Waals surface area contributed by atoms with Crippen molar-refractivity contribution in [1.82, 2.24) is 9.80 Å². The lowest BCUT2D eigenvalue weighted by Gasteiger charge is -2.38. The number of ether oxygens (including phenoxy) is 1. The molecule has 0 radical (unpaired) electrons. The highest BCUT2D eigenvalue weighted by Gasteiger charge is 2.26. The molecule has 1 unspecified atom stereocenters. The molecule has 18 heavy (non-hydrogen) atoms. The average molecular weight is 255 g/mol. The van der Waals surface area contributed by atoms with Crippen molar-refractivity contribution >= 4 is 0 Å². The molecule has 0 bridgehead atoms. The fourth-order valence-electron chi connectivity index (χ4n) is 3.28. The highest BCUT2D eigenvalue weighted by Crippen LogP contribution is 2.24. The van der Waals surface area contributed by atoms with Crippen LogP contribution in [0.5, 0.6) is 0 Å². The Bertz CT molecular complexity index is 219. The minimum Gasteiger partial charge on any atom is -0.380 e. The van der Waals surface area contributed by atoms with E-state index in [-0.39, 0.29) is 6.10 Å². The molecule has 0 aromatic heterocycles. The Morgan fingerprint density at radius 1 is 1.17 bits per heavy atom. The number of nitrogens with two attached hydrogens (primary N) is 1. The third kappa shape index (κ3) is 3.92. The van der Waals surface area contributed by atoms with E-state index in [0.717, 1.165) is 19.0 Å². The molecule has 1 aliphatic heterocycles. The first-order valence-electron chi connectivity index (χ1n) is 7.52. The molecule has 0 aromatic rings. The number of methoxy groups -OCH3 is 1. The molecule has 0 amide bonds. The predicted octanol–water partition coefficient (Wildman–Crippen LogP) is 0.910. The van der Waals surface area contributed by atoms with Crippen LogP contribution in [0.15, 0.2) is 0 Å². The molecule has 106 valence electrons. The lowest BCUT2D eigenvalue weighted by molar-refractivity contribution is 0.0651. The Balaban J connectivity index is 1.63. The van der Waals surface area contributed by atoms with Crippen LogP contribution in [0, 0.1) is 0 Å². The average Bonchev–Trinajstić information content (AvgIpc) is 2.94. The molecule has 2 aliphatic rings. The largest absolute Gasteiger partial charge is 0.380 e. The van der Waals surface area contributed by atoms with Crippen molar-refractivity contribution in [3.63, 3.8) is 0 Å². The van der Waals surface area contributed by atoms with Crippen LogP contribution in [-0.4, -0.2) is 68.3 Å². The Morgan fingerprint density at radius 3 is 2.39 bits per heavy atom. The summed E-state index contributed by atoms with van der Waals surface area (Å²) in [5, 5.41) is 0. The summed E-state index contributed by atoms with van der Waals surface area (Å²) in [6, 6.07) is 0.892. The fraction of sp³-hybridized carbons (Fsp3) is 1.00. The van der Waals surface area contributed by atoms with E-state index in [4.69, 9.17) is 10.5 Å². The van der Waals surface area contributed by atoms with E-state index in [1.807, 2.05) is 0 Å². The van der Waals surface area contributed by atoms with Crippen molar-refractivity contribution in [3.8, 4) is 0 Å². The van der Waals surface area contributed by atoms with Crippen LogP contribution in [0.4, 0.5) is 0 Å². The van der Waals surface area contributed by atoms with Gasteiger partial charge in [0, 0.05) is 52.4 Å². The first kappa shape index (κ1) is 14.3. The maximum atomic E-state index is 5.65. The first-order valence-corrected chi connectivity index (χ1v) is 7.52. The quantitative estimate of drug-likeness (QED) is 0.766. The van der Waals surface area contributed by atoms with Gasteiger partial charge in [-0.2, -0.15) is 0 Å². The van der Waals surface area contributed by atoms with Gasteiger partial charge in [0.15, 0.2) is 0 Å². The normalized spacial score (nSPS) is 25.7. The summed E-state index contributed by atoms with van der Waals surface area (Å²) in [5.74, 6) is 0. The number of hydrogen-bond acceptors (Lipinski definition) is 4. The van der Waals surface area contributed by atoms with Gasteiger partial charge in [-0.15, -0.1) is 0 Å². The van der Waals surface area contributed by atoms with Crippen LogP contribution in [0.1, 0.15) is 32.1 Å². The second-order valence-electron chi connectivity index (χ2n) is 5.70. The van der Waals surface area contributed by atoms with Gasteiger partial charge in [-0.25, -0.2) is 0 Å². The van der Waals surface area contributed by atoms with Crippen LogP contribution >= 0.6 is 0 Å². The van der Waals surface area contributed by atoms with Gasteiger partial charge in [0.05, 0.1) is 6.10 Å². The number of nitrogens with zero attached hydrogens (tertiary/aromatic N) is 2. The lowest BCUT2D eigenvalue weighted by atomic mass is 10.1. The number of rotatable bonds is 6. The molecule has 1 heterocycles. The summed E-state index contributed by atoms with van der Waals surface area (Å²) in [7, 11) is 1.76. The Kier molecular flexibility index (Phi) is 5.89. The summed E-state index contributed by atoms with van der Waals surface area (Å²) in [5.41, 5.74) is 5.65. The molecular formula is C14H29N3O. The third-order valence-electron chi connectivity index (χ3n) is 4.61. The second-order valence-corrected chi connectivity index (χ2v) is 5.70. The van der Waals surface area contributed by atoms with E-state index in [0.29, 0.717) is 6.54 Å². The molecule has 0 spiro atoms. The summed E-state index contributed by atoms with van der Waals surface area (Å²) < 4.78 is 5.33. The third-order valence-corrected chi connectivity index (χ3v) is 4.61. The summed E-state index contributed by atoms with van der Waals surface area (Å²) >= 11 is 0. The molecule has 4 nitrogen and oxygen atoms in total. The van der Waals surface area contributed by atoms with E-state index in [1.165, 1.54) is 51.9 Å². The summed E-state index contributed by atoms with van der Waals surface area (Å²) in [6.45, 7) is 6.72. The molecule has 1 saturated heterocycles. The van der Waals surface area contributed by atoms with Gasteiger partial charge < -0.3 is 15.4 Å². The van der Waals surface area contributed by atoms with Crippen molar-refractivity contribution in [2.75, 3.05) is 46.4 Å². The monoisotopic (exact) mass is 255 g/mol. The van der Waals surface area contributed by atoms with Gasteiger partial charge in [-0.1, -0.05) is 12.8 Å². The van der Waals surface area contributed by atoms with E-state index in [9.17, 15) is 0 Å². The van der Waals surface area contributed by atoms with Gasteiger partial charge in [0.1, 0.15) is 0 Å². The smallest absolute Gasteiger partial charge is 0.0705 e. The highest BCUT2D eigenvalue weighted by molar-refractivity contribution is 4.82. The first-order chi connectivity index (χ1) is 8.83. The second kappa shape index (κ2) is 7.43. The maximum absolute atomic E-state index is 5.65. The van der Waals surface area contributed by atoms with Crippen LogP contribution in [-0.2, 0) is 4.74 Å². The minimum atomic E-state index is 0.234. The van der Waals surface area contributed by atoms with E-state index >= 15 is 0 Å². The Morgan fingerprint density at radius 2 is 1.83 bits per heavy atom. The van der Waals surface area contributed by atoms with Crippen molar-refractivity contribution in [3.05, 3.63) is 0 Å². The van der Waals surface area contributed by atoms with Gasteiger partial charge in [0.2, 0.25) is 0 Å². The van der Waals surface area contributed by atoms with Gasteiger partial charge in [-0.05, 0) is 19.3 Å². The molecule has 1 aliphatic carbocycles. The van der Waals surface area contributed by atoms with Crippen molar-refractivity contribution < 1.29 is 4.74 Å². The zero-order chi connectivity index (χ0) is 12.8. The lowest BCUT2D eigenvalue weighted by Crippen LogP contribution is -2.50. The van der Waals surface area contributed by atoms with Gasteiger partial charge >= 0.3 is 0 Å². The molecule has 0 aromatic carbocycles. The number of hydrogen-bond donors (Lipinski definition) is 1. The van der Waals surface area contributed by atoms with E-state index in [2.05, 4.69) is 9.80 Å². The Hall–Kier alpha value is -0.160. The predicted molar refractivity (Wildman–Crippen MR) is 74.7 cm³/mol. The van der Waals surface area contributed by atoms with Crippen molar-refractivity contribution in [1.29, 1.82) is 0 Å². The van der Waals surface area contributed by atoms with Crippen LogP contribution < -0.4 is 5.73 Å². The molecule has 2 rings (SSSR count). The molecule has 2 N–H and O–H groups in total. The SMILES string of the molecule is COC(CN)CCN1CCN(C2CCCC2)CC1. The summed E-state index contributed by atoms with van der Waals surface area (Å²) in [4.78, 5) is 5.27. The van der Waals surface area contributed by atoms with Crippen LogP contribution in [0.3, 0.4) is 0 Å². The minimum absolute atomic E-state index is 0.234. The zero-order valence-electron chi connectivity index (χ0n) is 11.8. The molecule has 1 saturated carbocycles. The van der Waals surface area contributed by atoms with E-state index in [1.54, 1.807) is 7.11 Å². The number of piperazine rings is 1. The van der Waals surface area contributed by atoms with Crippen LogP contribution in [0.25, 0.3) is 0 Å². The molecule has 4 heteroatoms. The van der Waals surface area contributed by atoms with E-state index < -0.39 is 0 Å². The molecular weight excluding hydrogens is 226 g/mol. The van der Waals surface area contributed by atoms with Gasteiger partial charge in [-0.3, -0.25) is 4.90 Å². The maximum Gasteiger partial charge on any atom is 0.0705 e. The fourth-order valence-corrected chi connectivity index (χ4v) is 3.28. The zero-order valence-corrected chi connectivity index (χ0v) is 11.8. The van der Waals surface area contributed by atoms with Crippen LogP contribution in [0.2, 0.25) is 0 Å².